The number of hydrogen-bond donors (Lipinski definition) is 1. The molecule has 1 amide bonds. The lowest BCUT2D eigenvalue weighted by molar-refractivity contribution is -0.160. The molecule has 47 heavy (non-hydrogen) atoms. The summed E-state index contributed by atoms with van der Waals surface area (Å²) < 4.78 is 80.8. The molecule has 0 aromatic heterocycles. The smallest absolute Gasteiger partial charge is 0.222 e. The second-order valence-electron chi connectivity index (χ2n) is 16.6. The van der Waals surface area contributed by atoms with Crippen molar-refractivity contribution in [3.63, 3.8) is 0 Å². The molecule has 1 N–H and O–H groups in total. The van der Waals surface area contributed by atoms with Crippen LogP contribution >= 0.6 is 0 Å². The van der Waals surface area contributed by atoms with Gasteiger partial charge in [0, 0.05) is 25.6 Å². The molecular formula is C34H58N2O9S2-2. The average molecular weight is 703 g/mol. The topological polar surface area (TPSA) is 165 Å². The maximum Gasteiger partial charge on any atom is 0.222 e. The van der Waals surface area contributed by atoms with Crippen molar-refractivity contribution in [3.05, 3.63) is 0 Å². The maximum atomic E-state index is 12.1. The SMILES string of the molecule is CC(C)[C@@H](CC[C@@H](C)[C@H]1CCC2C3C(CC[C@@]21C)[C@@]1(C)CC[C@H](NCCCN2CCCC2=O)C[C@@H]1C[C@H]3OS(=O)(=O)[O-])OS(=O)(=O)[O-]. The van der Waals surface area contributed by atoms with Gasteiger partial charge in [0.25, 0.3) is 0 Å². The summed E-state index contributed by atoms with van der Waals surface area (Å²) in [6.45, 7) is 13.2. The first-order valence-corrected chi connectivity index (χ1v) is 20.9. The Morgan fingerprint density at radius 2 is 1.64 bits per heavy atom. The number of carbonyl (C=O) groups is 1. The number of nitrogens with one attached hydrogen (secondary N) is 1. The Bertz CT molecular complexity index is 1330. The van der Waals surface area contributed by atoms with Crippen LogP contribution in [0.3, 0.4) is 0 Å². The van der Waals surface area contributed by atoms with Crippen molar-refractivity contribution >= 4 is 26.7 Å². The number of carbonyl (C=O) groups excluding carboxylic acids is 1. The van der Waals surface area contributed by atoms with E-state index in [2.05, 4.69) is 26.1 Å². The average Bonchev–Trinajstić information content (AvgIpc) is 3.54. The maximum absolute atomic E-state index is 12.1. The van der Waals surface area contributed by atoms with Crippen LogP contribution in [0.5, 0.6) is 0 Å². The van der Waals surface area contributed by atoms with Gasteiger partial charge in [-0.25, -0.2) is 16.8 Å². The lowest BCUT2D eigenvalue weighted by atomic mass is 9.43. The zero-order valence-electron chi connectivity index (χ0n) is 29.0. The Kier molecular flexibility index (Phi) is 11.5. The van der Waals surface area contributed by atoms with Crippen LogP contribution in [0.4, 0.5) is 0 Å². The van der Waals surface area contributed by atoms with E-state index in [4.69, 9.17) is 8.37 Å². The lowest BCUT2D eigenvalue weighted by Crippen LogP contribution is -2.60. The van der Waals surface area contributed by atoms with Gasteiger partial charge < -0.3 is 19.3 Å². The Morgan fingerprint density at radius 3 is 2.28 bits per heavy atom. The molecule has 0 radical (unpaired) electrons. The van der Waals surface area contributed by atoms with Crippen LogP contribution in [0.2, 0.25) is 0 Å². The monoisotopic (exact) mass is 702 g/mol. The van der Waals surface area contributed by atoms with Gasteiger partial charge in [0.1, 0.15) is 0 Å². The van der Waals surface area contributed by atoms with E-state index in [1.165, 1.54) is 0 Å². The molecule has 1 aliphatic heterocycles. The van der Waals surface area contributed by atoms with Crippen LogP contribution in [0, 0.1) is 52.3 Å². The van der Waals surface area contributed by atoms with Gasteiger partial charge in [-0.3, -0.25) is 13.2 Å². The quantitative estimate of drug-likeness (QED) is 0.148. The van der Waals surface area contributed by atoms with Gasteiger partial charge in [-0.05, 0) is 136 Å². The normalized spacial score (nSPS) is 39.0. The zero-order valence-corrected chi connectivity index (χ0v) is 30.7. The highest BCUT2D eigenvalue weighted by Gasteiger charge is 2.63. The molecule has 11 nitrogen and oxygen atoms in total. The Labute approximate surface area is 283 Å². The van der Waals surface area contributed by atoms with Crippen LogP contribution < -0.4 is 5.32 Å². The molecule has 4 saturated carbocycles. The number of fused-ring (bicyclic) bond motifs is 5. The standard InChI is InChI=1S/C34H60N2O9S2/c1-22(2)29(44-46(38,39)40)12-9-23(3)26-10-11-27-32-28(14-16-34(26,27)5)33(4)15-13-25(20-24(33)21-30(32)45-47(41,42)43)35-17-7-19-36-18-6-8-31(36)37/h22-30,32,35H,6-21H2,1-5H3,(H,38,39,40)(H,41,42,43)/p-2/t23-,24-,25+,26-,27?,28?,29-,30-,32?,33+,34-/m1/s1. The van der Waals surface area contributed by atoms with Crippen LogP contribution in [0.25, 0.3) is 0 Å². The summed E-state index contributed by atoms with van der Waals surface area (Å²) in [6, 6.07) is 0.323. The number of amides is 1. The summed E-state index contributed by atoms with van der Waals surface area (Å²) in [6.07, 6.45) is 10.0. The molecule has 0 aromatic carbocycles. The molecule has 5 fully saturated rings. The predicted molar refractivity (Wildman–Crippen MR) is 175 cm³/mol. The van der Waals surface area contributed by atoms with Gasteiger partial charge in [-0.2, -0.15) is 0 Å². The van der Waals surface area contributed by atoms with Crippen LogP contribution in [-0.2, 0) is 34.0 Å². The Balaban J connectivity index is 1.26. The van der Waals surface area contributed by atoms with Crippen molar-refractivity contribution in [3.8, 4) is 0 Å². The van der Waals surface area contributed by atoms with E-state index in [0.717, 1.165) is 83.8 Å². The van der Waals surface area contributed by atoms with Crippen LogP contribution in [-0.4, -0.2) is 74.6 Å². The summed E-state index contributed by atoms with van der Waals surface area (Å²) in [7, 11) is -9.67. The summed E-state index contributed by atoms with van der Waals surface area (Å²) in [5.41, 5.74) is 0.000312. The molecule has 1 heterocycles. The molecule has 0 aromatic rings. The highest BCUT2D eigenvalue weighted by atomic mass is 32.3. The minimum Gasteiger partial charge on any atom is -0.726 e. The molecule has 3 unspecified atom stereocenters. The van der Waals surface area contributed by atoms with Gasteiger partial charge >= 0.3 is 0 Å². The summed E-state index contributed by atoms with van der Waals surface area (Å²) >= 11 is 0. The summed E-state index contributed by atoms with van der Waals surface area (Å²) in [4.78, 5) is 13.9. The van der Waals surface area contributed by atoms with E-state index in [-0.39, 0.29) is 52.2 Å². The minimum absolute atomic E-state index is 0.00390. The second kappa shape index (κ2) is 14.4. The van der Waals surface area contributed by atoms with Gasteiger partial charge in [0.2, 0.25) is 26.7 Å². The van der Waals surface area contributed by atoms with Crippen molar-refractivity contribution in [2.75, 3.05) is 19.6 Å². The first kappa shape index (κ1) is 37.4. The number of likely N-dealkylation sites (tertiary alicyclic amines) is 1. The van der Waals surface area contributed by atoms with Crippen molar-refractivity contribution < 1.29 is 39.1 Å². The van der Waals surface area contributed by atoms with Crippen molar-refractivity contribution in [2.45, 2.75) is 136 Å². The lowest BCUT2D eigenvalue weighted by Gasteiger charge is -2.63. The Hall–Kier alpha value is -0.830. The van der Waals surface area contributed by atoms with Gasteiger partial charge in [-0.15, -0.1) is 0 Å². The molecule has 4 aliphatic carbocycles. The zero-order chi connectivity index (χ0) is 34.4. The molecule has 5 aliphatic rings. The third kappa shape index (κ3) is 8.39. The molecule has 0 spiro atoms. The predicted octanol–water partition coefficient (Wildman–Crippen LogP) is 4.99. The van der Waals surface area contributed by atoms with Crippen molar-refractivity contribution in [2.24, 2.45) is 52.3 Å². The third-order valence-corrected chi connectivity index (χ3v) is 14.7. The summed E-state index contributed by atoms with van der Waals surface area (Å²) in [5, 5.41) is 3.73. The first-order valence-electron chi connectivity index (χ1n) is 18.2. The number of nitrogens with zero attached hydrogens (tertiary/aromatic N) is 1. The van der Waals surface area contributed by atoms with E-state index >= 15 is 0 Å². The number of hydrogen-bond acceptors (Lipinski definition) is 10. The molecule has 1 saturated heterocycles. The second-order valence-corrected chi connectivity index (χ2v) is 18.6. The van der Waals surface area contributed by atoms with Crippen LogP contribution in [0.1, 0.15) is 118 Å². The van der Waals surface area contributed by atoms with Gasteiger partial charge in [-0.1, -0.05) is 34.6 Å². The van der Waals surface area contributed by atoms with Gasteiger partial charge in [0.05, 0.1) is 12.2 Å². The molecule has 0 bridgehead atoms. The third-order valence-electron chi connectivity index (χ3n) is 13.8. The molecule has 13 heteroatoms. The summed E-state index contributed by atoms with van der Waals surface area (Å²) in [5.74, 6) is 1.54. The van der Waals surface area contributed by atoms with Gasteiger partial charge in [0.15, 0.2) is 0 Å². The molecule has 272 valence electrons. The minimum atomic E-state index is -4.88. The van der Waals surface area contributed by atoms with E-state index in [1.54, 1.807) is 0 Å². The van der Waals surface area contributed by atoms with E-state index in [9.17, 15) is 30.7 Å². The molecule has 5 rings (SSSR count). The Morgan fingerprint density at radius 1 is 0.936 bits per heavy atom. The fourth-order valence-corrected chi connectivity index (χ4v) is 12.5. The van der Waals surface area contributed by atoms with E-state index < -0.39 is 33.0 Å². The highest BCUT2D eigenvalue weighted by molar-refractivity contribution is 7.81. The van der Waals surface area contributed by atoms with Crippen molar-refractivity contribution in [1.29, 1.82) is 0 Å². The van der Waals surface area contributed by atoms with E-state index in [0.29, 0.717) is 31.2 Å². The largest absolute Gasteiger partial charge is 0.726 e. The fourth-order valence-electron chi connectivity index (χ4n) is 11.4. The van der Waals surface area contributed by atoms with Crippen molar-refractivity contribution in [1.82, 2.24) is 10.2 Å². The fraction of sp³-hybridized carbons (Fsp3) is 0.971. The number of rotatable bonds is 14. The molecule has 11 atom stereocenters. The highest BCUT2D eigenvalue weighted by Crippen LogP contribution is 2.69. The van der Waals surface area contributed by atoms with E-state index in [1.807, 2.05) is 18.7 Å². The first-order chi connectivity index (χ1) is 21.9. The van der Waals surface area contributed by atoms with Crippen LogP contribution in [0.15, 0.2) is 0 Å². The molecular weight excluding hydrogens is 645 g/mol.